The molecule has 0 aromatic heterocycles. The average Bonchev–Trinajstić information content (AvgIpc) is 3.41. The van der Waals surface area contributed by atoms with Gasteiger partial charge in [-0.1, -0.05) is 54.1 Å². The zero-order chi connectivity index (χ0) is 20.1. The first kappa shape index (κ1) is 17.9. The number of ketones is 1. The first-order valence-corrected chi connectivity index (χ1v) is 9.92. The maximum absolute atomic E-state index is 13.1. The number of Topliss-reactive ketones (excluding diaryl/α,β-unsaturated/α-hetero) is 1. The highest BCUT2D eigenvalue weighted by Crippen LogP contribution is 2.53. The Morgan fingerprint density at radius 3 is 2.24 bits per heavy atom. The fourth-order valence-electron chi connectivity index (χ4n) is 4.87. The summed E-state index contributed by atoms with van der Waals surface area (Å²) < 4.78 is 5.77. The number of benzene rings is 2. The molecule has 0 radical (unpaired) electrons. The van der Waals surface area contributed by atoms with Crippen molar-refractivity contribution in [3.63, 3.8) is 0 Å². The van der Waals surface area contributed by atoms with Crippen LogP contribution in [0.25, 0.3) is 0 Å². The minimum atomic E-state index is -0.264. The summed E-state index contributed by atoms with van der Waals surface area (Å²) >= 11 is 0. The number of carbonyl (C=O) groups excluding carboxylic acids is 3. The Balaban J connectivity index is 1.38. The summed E-state index contributed by atoms with van der Waals surface area (Å²) in [5.74, 6) is -0.312. The minimum absolute atomic E-state index is 0.155. The van der Waals surface area contributed by atoms with Gasteiger partial charge in [-0.3, -0.25) is 14.4 Å². The van der Waals surface area contributed by atoms with E-state index in [-0.39, 0.29) is 47.9 Å². The van der Waals surface area contributed by atoms with Gasteiger partial charge in [0.05, 0.1) is 17.5 Å². The van der Waals surface area contributed by atoms with Gasteiger partial charge in [0.1, 0.15) is 5.75 Å². The van der Waals surface area contributed by atoms with E-state index < -0.39 is 0 Å². The number of anilines is 1. The van der Waals surface area contributed by atoms with Crippen LogP contribution >= 0.6 is 0 Å². The number of para-hydroxylation sites is 2. The van der Waals surface area contributed by atoms with Gasteiger partial charge in [0.25, 0.3) is 0 Å². The molecule has 0 unspecified atom stereocenters. The number of nitrogens with zero attached hydrogens (tertiary/aromatic N) is 1. The van der Waals surface area contributed by atoms with E-state index in [1.165, 1.54) is 4.90 Å². The standard InChI is InChI=1S/C24H21NO4/c1-14-6-8-15(9-7-14)19(26)13-29-20-5-3-2-4-18(20)25-23(27)21-16-10-11-17(12-16)22(21)24(25)28/h2-11,16-17,21-22H,12-13H2,1H3/t16-,17+,21-,22-/m0/s1. The minimum Gasteiger partial charge on any atom is -0.483 e. The van der Waals surface area contributed by atoms with E-state index in [0.29, 0.717) is 17.0 Å². The molecule has 146 valence electrons. The molecule has 0 N–H and O–H groups in total. The third-order valence-corrected chi connectivity index (χ3v) is 6.31. The molecule has 2 amide bonds. The van der Waals surface area contributed by atoms with Crippen molar-refractivity contribution in [3.05, 3.63) is 71.8 Å². The lowest BCUT2D eigenvalue weighted by Gasteiger charge is -2.20. The fourth-order valence-corrected chi connectivity index (χ4v) is 4.87. The number of ether oxygens (including phenoxy) is 1. The van der Waals surface area contributed by atoms with Crippen molar-refractivity contribution in [2.45, 2.75) is 13.3 Å². The van der Waals surface area contributed by atoms with Crippen molar-refractivity contribution in [2.24, 2.45) is 23.7 Å². The van der Waals surface area contributed by atoms with Gasteiger partial charge in [-0.15, -0.1) is 0 Å². The molecule has 2 aliphatic carbocycles. The Kier molecular flexibility index (Phi) is 4.12. The molecular weight excluding hydrogens is 366 g/mol. The van der Waals surface area contributed by atoms with Crippen molar-refractivity contribution in [1.82, 2.24) is 0 Å². The van der Waals surface area contributed by atoms with Crippen LogP contribution in [0.1, 0.15) is 22.3 Å². The Bertz CT molecular complexity index is 1010. The lowest BCUT2D eigenvalue weighted by molar-refractivity contribution is -0.123. The summed E-state index contributed by atoms with van der Waals surface area (Å²) in [5, 5.41) is 0. The Morgan fingerprint density at radius 1 is 0.966 bits per heavy atom. The second-order valence-electron chi connectivity index (χ2n) is 8.06. The first-order chi connectivity index (χ1) is 14.0. The Labute approximate surface area is 169 Å². The molecule has 2 bridgehead atoms. The molecule has 5 rings (SSSR count). The molecule has 29 heavy (non-hydrogen) atoms. The first-order valence-electron chi connectivity index (χ1n) is 9.92. The van der Waals surface area contributed by atoms with Crippen molar-refractivity contribution in [3.8, 4) is 5.75 Å². The average molecular weight is 387 g/mol. The normalized spacial score (nSPS) is 26.9. The highest BCUT2D eigenvalue weighted by Gasteiger charge is 2.59. The maximum Gasteiger partial charge on any atom is 0.238 e. The molecular formula is C24H21NO4. The van der Waals surface area contributed by atoms with E-state index >= 15 is 0 Å². The van der Waals surface area contributed by atoms with Crippen LogP contribution in [0, 0.1) is 30.6 Å². The predicted molar refractivity (Wildman–Crippen MR) is 108 cm³/mol. The van der Waals surface area contributed by atoms with E-state index in [1.807, 2.05) is 19.1 Å². The second-order valence-corrected chi connectivity index (χ2v) is 8.06. The highest BCUT2D eigenvalue weighted by molar-refractivity contribution is 6.23. The van der Waals surface area contributed by atoms with Crippen molar-refractivity contribution in [1.29, 1.82) is 0 Å². The number of aryl methyl sites for hydroxylation is 1. The number of rotatable bonds is 5. The highest BCUT2D eigenvalue weighted by atomic mass is 16.5. The summed E-state index contributed by atoms with van der Waals surface area (Å²) in [6, 6.07) is 14.2. The van der Waals surface area contributed by atoms with Gasteiger partial charge in [-0.05, 0) is 37.3 Å². The molecule has 5 heteroatoms. The zero-order valence-corrected chi connectivity index (χ0v) is 16.1. The zero-order valence-electron chi connectivity index (χ0n) is 16.1. The molecule has 1 saturated heterocycles. The van der Waals surface area contributed by atoms with Crippen LogP contribution in [-0.4, -0.2) is 24.2 Å². The maximum atomic E-state index is 13.1. The van der Waals surface area contributed by atoms with Gasteiger partial charge in [0.15, 0.2) is 12.4 Å². The molecule has 4 atom stereocenters. The number of imide groups is 1. The van der Waals surface area contributed by atoms with E-state index in [1.54, 1.807) is 36.4 Å². The molecule has 2 fully saturated rings. The molecule has 3 aliphatic rings. The van der Waals surface area contributed by atoms with Crippen LogP contribution in [0.15, 0.2) is 60.7 Å². The number of fused-ring (bicyclic) bond motifs is 5. The van der Waals surface area contributed by atoms with Crippen molar-refractivity contribution < 1.29 is 19.1 Å². The smallest absolute Gasteiger partial charge is 0.238 e. The van der Waals surface area contributed by atoms with E-state index in [9.17, 15) is 14.4 Å². The summed E-state index contributed by atoms with van der Waals surface area (Å²) in [7, 11) is 0. The number of hydrogen-bond acceptors (Lipinski definition) is 4. The third-order valence-electron chi connectivity index (χ3n) is 6.31. The monoisotopic (exact) mass is 387 g/mol. The molecule has 0 spiro atoms. The van der Waals surface area contributed by atoms with Crippen LogP contribution < -0.4 is 9.64 Å². The molecule has 5 nitrogen and oxygen atoms in total. The topological polar surface area (TPSA) is 63.7 Å². The van der Waals surface area contributed by atoms with Crippen molar-refractivity contribution >= 4 is 23.3 Å². The summed E-state index contributed by atoms with van der Waals surface area (Å²) in [4.78, 5) is 39.9. The largest absolute Gasteiger partial charge is 0.483 e. The van der Waals surface area contributed by atoms with Gasteiger partial charge in [0, 0.05) is 5.56 Å². The van der Waals surface area contributed by atoms with E-state index in [0.717, 1.165) is 12.0 Å². The molecule has 2 aromatic rings. The summed E-state index contributed by atoms with van der Waals surface area (Å²) in [6.45, 7) is 1.80. The lowest BCUT2D eigenvalue weighted by Crippen LogP contribution is -2.33. The fraction of sp³-hybridized carbons (Fsp3) is 0.292. The number of carbonyl (C=O) groups is 3. The molecule has 2 aromatic carbocycles. The number of allylic oxidation sites excluding steroid dienone is 2. The summed E-state index contributed by atoms with van der Waals surface area (Å²) in [5.41, 5.74) is 2.07. The van der Waals surface area contributed by atoms with Crippen LogP contribution in [0.2, 0.25) is 0 Å². The van der Waals surface area contributed by atoms with E-state index in [4.69, 9.17) is 4.74 Å². The van der Waals surface area contributed by atoms with Crippen LogP contribution in [-0.2, 0) is 9.59 Å². The molecule has 1 aliphatic heterocycles. The van der Waals surface area contributed by atoms with Gasteiger partial charge in [-0.25, -0.2) is 4.90 Å². The number of amides is 2. The summed E-state index contributed by atoms with van der Waals surface area (Å²) in [6.07, 6.45) is 5.04. The lowest BCUT2D eigenvalue weighted by atomic mass is 9.85. The Hall–Kier alpha value is -3.21. The Morgan fingerprint density at radius 2 is 1.59 bits per heavy atom. The third kappa shape index (κ3) is 2.80. The quantitative estimate of drug-likeness (QED) is 0.447. The van der Waals surface area contributed by atoms with Crippen LogP contribution in [0.5, 0.6) is 5.75 Å². The molecule has 1 saturated carbocycles. The predicted octanol–water partition coefficient (Wildman–Crippen LogP) is 3.57. The van der Waals surface area contributed by atoms with E-state index in [2.05, 4.69) is 12.2 Å². The molecule has 1 heterocycles. The van der Waals surface area contributed by atoms with Crippen molar-refractivity contribution in [2.75, 3.05) is 11.5 Å². The van der Waals surface area contributed by atoms with Gasteiger partial charge in [-0.2, -0.15) is 0 Å². The van der Waals surface area contributed by atoms with Gasteiger partial charge in [0.2, 0.25) is 11.8 Å². The second kappa shape index (κ2) is 6.69. The SMILES string of the molecule is Cc1ccc(C(=O)COc2ccccc2N2C(=O)[C@@H]3[C@@H](C2=O)[C@H]2C=C[C@@H]3C2)cc1. The van der Waals surface area contributed by atoms with Crippen LogP contribution in [0.3, 0.4) is 0 Å². The van der Waals surface area contributed by atoms with Crippen LogP contribution in [0.4, 0.5) is 5.69 Å². The van der Waals surface area contributed by atoms with Gasteiger partial charge >= 0.3 is 0 Å². The van der Waals surface area contributed by atoms with Gasteiger partial charge < -0.3 is 4.74 Å². The number of hydrogen-bond donors (Lipinski definition) is 0.